The molecule has 0 saturated carbocycles. The first kappa shape index (κ1) is 21.4. The number of halogens is 4. The normalized spacial score (nSPS) is 12.9. The van der Waals surface area contributed by atoms with Gasteiger partial charge in [0.15, 0.2) is 0 Å². The maximum absolute atomic E-state index is 13.9. The van der Waals surface area contributed by atoms with E-state index in [4.69, 9.17) is 4.74 Å². The van der Waals surface area contributed by atoms with E-state index in [1.54, 1.807) is 42.2 Å². The first-order valence-electron chi connectivity index (χ1n) is 9.79. The minimum absolute atomic E-state index is 0.201. The van der Waals surface area contributed by atoms with Crippen LogP contribution in [0.1, 0.15) is 34.0 Å². The van der Waals surface area contributed by atoms with Gasteiger partial charge in [0.25, 0.3) is 0 Å². The number of benzene rings is 3. The molecule has 0 aliphatic carbocycles. The molecule has 0 unspecified atom stereocenters. The topological polar surface area (TPSA) is 29.5 Å². The van der Waals surface area contributed by atoms with Gasteiger partial charge in [0, 0.05) is 16.8 Å². The summed E-state index contributed by atoms with van der Waals surface area (Å²) >= 11 is 0. The molecule has 0 amide bonds. The quantitative estimate of drug-likeness (QED) is 0.254. The Kier molecular flexibility index (Phi) is 5.59. The monoisotopic (exact) mass is 439 g/mol. The van der Waals surface area contributed by atoms with E-state index >= 15 is 0 Å². The van der Waals surface area contributed by atoms with E-state index in [1.807, 2.05) is 0 Å². The van der Waals surface area contributed by atoms with Gasteiger partial charge in [-0.1, -0.05) is 23.9 Å². The summed E-state index contributed by atoms with van der Waals surface area (Å²) in [5, 5.41) is 0. The van der Waals surface area contributed by atoms with E-state index < -0.39 is 23.5 Å². The average Bonchev–Trinajstić information content (AvgIpc) is 2.77. The lowest BCUT2D eigenvalue weighted by atomic mass is 10.00. The number of esters is 1. The fourth-order valence-corrected chi connectivity index (χ4v) is 3.48. The van der Waals surface area contributed by atoms with Gasteiger partial charge in [0.1, 0.15) is 5.82 Å². The van der Waals surface area contributed by atoms with Gasteiger partial charge in [-0.05, 0) is 61.5 Å². The molecular formula is C25H17F4NO2. The second kappa shape index (κ2) is 8.36. The van der Waals surface area contributed by atoms with Crippen molar-refractivity contribution >= 4 is 29.1 Å². The Morgan fingerprint density at radius 2 is 1.81 bits per heavy atom. The van der Waals surface area contributed by atoms with E-state index in [0.717, 1.165) is 12.1 Å². The van der Waals surface area contributed by atoms with Gasteiger partial charge >= 0.3 is 12.1 Å². The van der Waals surface area contributed by atoms with Gasteiger partial charge in [0.2, 0.25) is 0 Å². The number of hydrogen-bond acceptors (Lipinski definition) is 3. The van der Waals surface area contributed by atoms with Crippen LogP contribution in [0.3, 0.4) is 0 Å². The van der Waals surface area contributed by atoms with Gasteiger partial charge in [-0.25, -0.2) is 9.18 Å². The summed E-state index contributed by atoms with van der Waals surface area (Å²) in [6, 6.07) is 15.7. The maximum Gasteiger partial charge on any atom is 0.416 e. The van der Waals surface area contributed by atoms with E-state index in [0.29, 0.717) is 28.2 Å². The Morgan fingerprint density at radius 1 is 1.03 bits per heavy atom. The van der Waals surface area contributed by atoms with Crippen LogP contribution in [0.4, 0.5) is 28.9 Å². The zero-order chi connectivity index (χ0) is 22.9. The van der Waals surface area contributed by atoms with Crippen LogP contribution >= 0.6 is 0 Å². The predicted octanol–water partition coefficient (Wildman–Crippen LogP) is 6.83. The number of rotatable bonds is 4. The molecular weight excluding hydrogens is 422 g/mol. The van der Waals surface area contributed by atoms with Crippen LogP contribution in [0.15, 0.2) is 72.5 Å². The average molecular weight is 439 g/mol. The van der Waals surface area contributed by atoms with Crippen molar-refractivity contribution in [2.24, 2.45) is 0 Å². The second-order valence-electron chi connectivity index (χ2n) is 7.03. The molecule has 4 rings (SSSR count). The van der Waals surface area contributed by atoms with Gasteiger partial charge in [0.05, 0.1) is 29.1 Å². The van der Waals surface area contributed by atoms with Crippen molar-refractivity contribution in [3.8, 4) is 0 Å². The Morgan fingerprint density at radius 3 is 2.53 bits per heavy atom. The predicted molar refractivity (Wildman–Crippen MR) is 114 cm³/mol. The molecule has 0 radical (unpaired) electrons. The van der Waals surface area contributed by atoms with Crippen LogP contribution < -0.4 is 4.90 Å². The van der Waals surface area contributed by atoms with Gasteiger partial charge in [-0.3, -0.25) is 0 Å². The largest absolute Gasteiger partial charge is 0.462 e. The number of anilines is 2. The first-order chi connectivity index (χ1) is 15.3. The number of nitrogens with zero attached hydrogens (tertiary/aromatic N) is 1. The molecule has 0 saturated heterocycles. The Hall–Kier alpha value is -3.83. The molecule has 1 aliphatic rings. The molecule has 3 aromatic rings. The van der Waals surface area contributed by atoms with Crippen molar-refractivity contribution in [1.29, 1.82) is 0 Å². The van der Waals surface area contributed by atoms with E-state index in [-0.39, 0.29) is 12.2 Å². The molecule has 3 aromatic carbocycles. The van der Waals surface area contributed by atoms with Crippen molar-refractivity contribution in [2.75, 3.05) is 11.5 Å². The summed E-state index contributed by atoms with van der Waals surface area (Å²) in [5.41, 5.74) is 4.62. The summed E-state index contributed by atoms with van der Waals surface area (Å²) in [6.07, 6.45) is -3.05. The highest BCUT2D eigenvalue weighted by Crippen LogP contribution is 2.42. The summed E-state index contributed by atoms with van der Waals surface area (Å²) in [6.45, 7) is 1.89. The minimum Gasteiger partial charge on any atom is -0.462 e. The molecule has 0 fully saturated rings. The number of hydrogen-bond donors (Lipinski definition) is 0. The molecule has 162 valence electrons. The highest BCUT2D eigenvalue weighted by molar-refractivity contribution is 5.97. The molecule has 0 bridgehead atoms. The molecule has 3 nitrogen and oxygen atoms in total. The molecule has 0 atom stereocenters. The maximum atomic E-state index is 13.9. The van der Waals surface area contributed by atoms with Crippen LogP contribution in [-0.4, -0.2) is 12.6 Å². The fourth-order valence-electron chi connectivity index (χ4n) is 3.48. The molecule has 1 heterocycles. The van der Waals surface area contributed by atoms with E-state index in [1.165, 1.54) is 30.3 Å². The Bertz CT molecular complexity index is 1260. The lowest BCUT2D eigenvalue weighted by Gasteiger charge is -2.31. The van der Waals surface area contributed by atoms with Crippen molar-refractivity contribution in [1.82, 2.24) is 0 Å². The van der Waals surface area contributed by atoms with Crippen LogP contribution in [0, 0.1) is 5.82 Å². The van der Waals surface area contributed by atoms with Crippen molar-refractivity contribution < 1.29 is 27.1 Å². The van der Waals surface area contributed by atoms with Gasteiger partial charge < -0.3 is 9.64 Å². The highest BCUT2D eigenvalue weighted by Gasteiger charge is 2.32. The van der Waals surface area contributed by atoms with Gasteiger partial charge in [-0.15, -0.1) is 0 Å². The number of ether oxygens (including phenoxy) is 1. The first-order valence-corrected chi connectivity index (χ1v) is 9.79. The molecule has 0 N–H and O–H groups in total. The zero-order valence-corrected chi connectivity index (χ0v) is 16.9. The lowest BCUT2D eigenvalue weighted by Crippen LogP contribution is -2.19. The third-order valence-corrected chi connectivity index (χ3v) is 4.90. The molecule has 0 spiro atoms. The van der Waals surface area contributed by atoms with Crippen LogP contribution in [0.5, 0.6) is 0 Å². The summed E-state index contributed by atoms with van der Waals surface area (Å²) < 4.78 is 58.7. The van der Waals surface area contributed by atoms with Crippen LogP contribution in [0.25, 0.3) is 11.8 Å². The molecule has 32 heavy (non-hydrogen) atoms. The third kappa shape index (κ3) is 4.15. The van der Waals surface area contributed by atoms with E-state index in [2.05, 4.69) is 5.73 Å². The Balaban J connectivity index is 1.91. The minimum atomic E-state index is -4.50. The summed E-state index contributed by atoms with van der Waals surface area (Å²) in [4.78, 5) is 13.9. The van der Waals surface area contributed by atoms with Crippen molar-refractivity contribution in [2.45, 2.75) is 13.1 Å². The smallest absolute Gasteiger partial charge is 0.416 e. The lowest BCUT2D eigenvalue weighted by molar-refractivity contribution is -0.137. The number of fused-ring (bicyclic) bond motifs is 1. The number of alkyl halides is 3. The summed E-state index contributed by atoms with van der Waals surface area (Å²) in [5.74, 6) is -0.985. The van der Waals surface area contributed by atoms with Crippen molar-refractivity contribution in [3.63, 3.8) is 0 Å². The molecule has 1 aliphatic heterocycles. The Labute approximate surface area is 181 Å². The highest BCUT2D eigenvalue weighted by atomic mass is 19.4. The third-order valence-electron chi connectivity index (χ3n) is 4.90. The number of carbonyl (C=O) groups excluding carboxylic acids is 1. The van der Waals surface area contributed by atoms with Crippen LogP contribution in [-0.2, 0) is 10.9 Å². The molecule has 0 aromatic heterocycles. The standard InChI is InChI=1S/C25H17F4NO2/c1-2-32-24(31)18-6-4-8-21(15-18)30-22(16-5-3-7-20(26)14-16)11-9-17-13-19(25(27,28)29)10-12-23(17)30/h3-10,12-15H,2H2,1H3. The second-order valence-corrected chi connectivity index (χ2v) is 7.03. The van der Waals surface area contributed by atoms with Crippen LogP contribution in [0.2, 0.25) is 0 Å². The fraction of sp³-hybridized carbons (Fsp3) is 0.120. The van der Waals surface area contributed by atoms with Gasteiger partial charge in [-0.2, -0.15) is 13.2 Å². The van der Waals surface area contributed by atoms with E-state index in [9.17, 15) is 22.4 Å². The zero-order valence-electron chi connectivity index (χ0n) is 16.9. The van der Waals surface area contributed by atoms with Crippen molar-refractivity contribution in [3.05, 3.63) is 101 Å². The number of carbonyl (C=O) groups is 1. The molecule has 7 heteroatoms. The summed E-state index contributed by atoms with van der Waals surface area (Å²) in [7, 11) is 0. The SMILES string of the molecule is CCOC(=O)c1cccc(N2C(c3cccc(F)c3)=C=Cc3cc(C(F)(F)F)ccc32)c1.